The molecule has 0 saturated carbocycles. The highest BCUT2D eigenvalue weighted by molar-refractivity contribution is 9.10. The molecule has 0 heterocycles. The minimum Gasteiger partial charge on any atom is -0.309 e. The monoisotopic (exact) mass is 345 g/mol. The highest BCUT2D eigenvalue weighted by Gasteiger charge is 2.16. The van der Waals surface area contributed by atoms with Gasteiger partial charge in [-0.05, 0) is 60.7 Å². The summed E-state index contributed by atoms with van der Waals surface area (Å²) in [5.41, 5.74) is 6.79. The van der Waals surface area contributed by atoms with Gasteiger partial charge in [-0.3, -0.25) is 0 Å². The molecule has 0 aliphatic carbocycles. The predicted octanol–water partition coefficient (Wildman–Crippen LogP) is 5.19. The lowest BCUT2D eigenvalue weighted by Crippen LogP contribution is -2.19. The Labute approximate surface area is 136 Å². The maximum atomic E-state index is 3.65. The van der Waals surface area contributed by atoms with E-state index in [2.05, 4.69) is 78.4 Å². The first kappa shape index (κ1) is 16.3. The largest absolute Gasteiger partial charge is 0.309 e. The quantitative estimate of drug-likeness (QED) is 0.785. The molecule has 112 valence electrons. The molecule has 0 saturated heterocycles. The van der Waals surface area contributed by atoms with E-state index in [1.165, 1.54) is 32.3 Å². The number of benzene rings is 2. The Balaban J connectivity index is 2.51. The lowest BCUT2D eigenvalue weighted by molar-refractivity contribution is 0.682. The molecule has 1 N–H and O–H groups in total. The first-order chi connectivity index (χ1) is 10.1. The molecule has 2 rings (SSSR count). The van der Waals surface area contributed by atoms with Crippen LogP contribution in [0.3, 0.4) is 0 Å². The molecule has 21 heavy (non-hydrogen) atoms. The summed E-state index contributed by atoms with van der Waals surface area (Å²) in [5, 5.41) is 3.49. The molecule has 0 spiro atoms. The van der Waals surface area contributed by atoms with Crippen molar-refractivity contribution in [3.05, 3.63) is 68.7 Å². The molecular formula is C19H24BrN. The van der Waals surface area contributed by atoms with Gasteiger partial charge in [-0.2, -0.15) is 0 Å². The lowest BCUT2D eigenvalue weighted by Gasteiger charge is -2.22. The molecule has 1 unspecified atom stereocenters. The molecule has 0 bridgehead atoms. The second-order valence-electron chi connectivity index (χ2n) is 5.47. The number of hydrogen-bond acceptors (Lipinski definition) is 1. The summed E-state index contributed by atoms with van der Waals surface area (Å²) >= 11 is 3.65. The SMILES string of the molecule is CCc1ccc(CC)c(C(NC)c2ccc(C)c(Br)c2)c1. The lowest BCUT2D eigenvalue weighted by atomic mass is 9.91. The zero-order valence-corrected chi connectivity index (χ0v) is 14.9. The van der Waals surface area contributed by atoms with Crippen LogP contribution in [0, 0.1) is 6.92 Å². The van der Waals surface area contributed by atoms with E-state index in [0.717, 1.165) is 12.8 Å². The van der Waals surface area contributed by atoms with Crippen LogP contribution in [-0.2, 0) is 12.8 Å². The Bertz CT molecular complexity index is 619. The standard InChI is InChI=1S/C19H24BrN/c1-5-14-8-10-15(6-2)17(11-14)19(21-4)16-9-7-13(3)18(20)12-16/h7-12,19,21H,5-6H2,1-4H3. The number of halogens is 1. The van der Waals surface area contributed by atoms with Gasteiger partial charge in [0.1, 0.15) is 0 Å². The van der Waals surface area contributed by atoms with Gasteiger partial charge in [-0.15, -0.1) is 0 Å². The third-order valence-electron chi connectivity index (χ3n) is 4.13. The van der Waals surface area contributed by atoms with Crippen LogP contribution in [0.2, 0.25) is 0 Å². The van der Waals surface area contributed by atoms with Gasteiger partial charge in [0.15, 0.2) is 0 Å². The van der Waals surface area contributed by atoms with Gasteiger partial charge in [0, 0.05) is 4.47 Å². The van der Waals surface area contributed by atoms with Crippen molar-refractivity contribution >= 4 is 15.9 Å². The van der Waals surface area contributed by atoms with Crippen molar-refractivity contribution in [2.45, 2.75) is 39.7 Å². The first-order valence-electron chi connectivity index (χ1n) is 7.65. The van der Waals surface area contributed by atoms with Gasteiger partial charge in [-0.25, -0.2) is 0 Å². The summed E-state index contributed by atoms with van der Waals surface area (Å²) in [5.74, 6) is 0. The van der Waals surface area contributed by atoms with Crippen LogP contribution in [0.25, 0.3) is 0 Å². The Kier molecular flexibility index (Phi) is 5.60. The number of hydrogen-bond donors (Lipinski definition) is 1. The number of nitrogens with one attached hydrogen (secondary N) is 1. The van der Waals surface area contributed by atoms with Crippen molar-refractivity contribution in [2.75, 3.05) is 7.05 Å². The number of aryl methyl sites for hydroxylation is 3. The molecule has 1 nitrogen and oxygen atoms in total. The fraction of sp³-hybridized carbons (Fsp3) is 0.368. The molecule has 2 heteroatoms. The summed E-state index contributed by atoms with van der Waals surface area (Å²) in [6, 6.07) is 13.8. The molecule has 2 aromatic rings. The fourth-order valence-electron chi connectivity index (χ4n) is 2.75. The second kappa shape index (κ2) is 7.24. The van der Waals surface area contributed by atoms with Crippen molar-refractivity contribution < 1.29 is 0 Å². The summed E-state index contributed by atoms with van der Waals surface area (Å²) < 4.78 is 1.17. The molecule has 1 atom stereocenters. The van der Waals surface area contributed by atoms with E-state index >= 15 is 0 Å². The van der Waals surface area contributed by atoms with E-state index in [9.17, 15) is 0 Å². The van der Waals surface area contributed by atoms with E-state index in [1.54, 1.807) is 0 Å². The van der Waals surface area contributed by atoms with Gasteiger partial charge < -0.3 is 5.32 Å². The predicted molar refractivity (Wildman–Crippen MR) is 95.0 cm³/mol. The molecule has 0 fully saturated rings. The molecule has 0 aliphatic rings. The van der Waals surface area contributed by atoms with Crippen molar-refractivity contribution in [1.82, 2.24) is 5.32 Å². The molecule has 0 aromatic heterocycles. The third kappa shape index (κ3) is 3.56. The Morgan fingerprint density at radius 3 is 2.38 bits per heavy atom. The Morgan fingerprint density at radius 1 is 1.05 bits per heavy atom. The smallest absolute Gasteiger partial charge is 0.0577 e. The average molecular weight is 346 g/mol. The summed E-state index contributed by atoms with van der Waals surface area (Å²) in [6.45, 7) is 6.56. The zero-order valence-electron chi connectivity index (χ0n) is 13.3. The maximum Gasteiger partial charge on any atom is 0.0577 e. The van der Waals surface area contributed by atoms with Crippen LogP contribution in [-0.4, -0.2) is 7.05 Å². The molecule has 0 radical (unpaired) electrons. The van der Waals surface area contributed by atoms with E-state index in [1.807, 2.05) is 7.05 Å². The highest BCUT2D eigenvalue weighted by Crippen LogP contribution is 2.29. The van der Waals surface area contributed by atoms with Gasteiger partial charge in [0.2, 0.25) is 0 Å². The topological polar surface area (TPSA) is 12.0 Å². The fourth-order valence-corrected chi connectivity index (χ4v) is 3.14. The van der Waals surface area contributed by atoms with E-state index in [-0.39, 0.29) is 6.04 Å². The molecular weight excluding hydrogens is 322 g/mol. The van der Waals surface area contributed by atoms with Crippen LogP contribution >= 0.6 is 15.9 Å². The minimum atomic E-state index is 0.239. The van der Waals surface area contributed by atoms with Crippen LogP contribution < -0.4 is 5.32 Å². The minimum absolute atomic E-state index is 0.239. The van der Waals surface area contributed by atoms with Crippen LogP contribution in [0.15, 0.2) is 40.9 Å². The van der Waals surface area contributed by atoms with E-state index < -0.39 is 0 Å². The normalized spacial score (nSPS) is 12.4. The van der Waals surface area contributed by atoms with Crippen molar-refractivity contribution in [1.29, 1.82) is 0 Å². The Hall–Kier alpha value is -1.12. The molecule has 2 aromatic carbocycles. The zero-order chi connectivity index (χ0) is 15.4. The van der Waals surface area contributed by atoms with Crippen LogP contribution in [0.1, 0.15) is 47.7 Å². The third-order valence-corrected chi connectivity index (χ3v) is 4.98. The number of rotatable bonds is 5. The van der Waals surface area contributed by atoms with Gasteiger partial charge in [0.05, 0.1) is 6.04 Å². The summed E-state index contributed by atoms with van der Waals surface area (Å²) in [6.07, 6.45) is 2.13. The van der Waals surface area contributed by atoms with Gasteiger partial charge in [-0.1, -0.05) is 60.1 Å². The maximum absolute atomic E-state index is 3.65. The Morgan fingerprint density at radius 2 is 1.81 bits per heavy atom. The van der Waals surface area contributed by atoms with Crippen molar-refractivity contribution in [3.8, 4) is 0 Å². The van der Waals surface area contributed by atoms with Gasteiger partial charge >= 0.3 is 0 Å². The van der Waals surface area contributed by atoms with Crippen molar-refractivity contribution in [2.24, 2.45) is 0 Å². The van der Waals surface area contributed by atoms with Gasteiger partial charge in [0.25, 0.3) is 0 Å². The van der Waals surface area contributed by atoms with Crippen molar-refractivity contribution in [3.63, 3.8) is 0 Å². The molecule has 0 aliphatic heterocycles. The van der Waals surface area contributed by atoms with Crippen LogP contribution in [0.5, 0.6) is 0 Å². The summed E-state index contributed by atoms with van der Waals surface area (Å²) in [7, 11) is 2.04. The van der Waals surface area contributed by atoms with E-state index in [0.29, 0.717) is 0 Å². The average Bonchev–Trinajstić information content (AvgIpc) is 2.51. The second-order valence-corrected chi connectivity index (χ2v) is 6.32. The molecule has 0 amide bonds. The highest BCUT2D eigenvalue weighted by atomic mass is 79.9. The summed E-state index contributed by atoms with van der Waals surface area (Å²) in [4.78, 5) is 0. The van der Waals surface area contributed by atoms with Crippen LogP contribution in [0.4, 0.5) is 0 Å². The first-order valence-corrected chi connectivity index (χ1v) is 8.45. The van der Waals surface area contributed by atoms with E-state index in [4.69, 9.17) is 0 Å².